The van der Waals surface area contributed by atoms with Crippen LogP contribution >= 0.6 is 11.8 Å². The van der Waals surface area contributed by atoms with Crippen LogP contribution in [0.3, 0.4) is 0 Å². The van der Waals surface area contributed by atoms with E-state index in [0.29, 0.717) is 23.1 Å². The Labute approximate surface area is 163 Å². The van der Waals surface area contributed by atoms with E-state index in [0.717, 1.165) is 24.2 Å². The molecule has 1 aromatic heterocycles. The Morgan fingerprint density at radius 3 is 2.41 bits per heavy atom. The largest absolute Gasteiger partial charge is 0.497 e. The number of carbonyl (C=O) groups is 1. The molecule has 0 atom stereocenters. The van der Waals surface area contributed by atoms with Crippen LogP contribution in [0.1, 0.15) is 40.7 Å². The van der Waals surface area contributed by atoms with E-state index in [1.165, 1.54) is 17.3 Å². The van der Waals surface area contributed by atoms with Gasteiger partial charge in [0.1, 0.15) is 5.75 Å². The number of hydrogen-bond acceptors (Lipinski definition) is 6. The second-order valence-corrected chi connectivity index (χ2v) is 7.07. The zero-order valence-corrected chi connectivity index (χ0v) is 16.3. The molecule has 3 aromatic rings. The van der Waals surface area contributed by atoms with E-state index in [1.807, 2.05) is 48.5 Å². The average molecular weight is 382 g/mol. The number of ketones is 1. The molecule has 5 nitrogen and oxygen atoms in total. The number of aromatic nitrogens is 2. The maximum absolute atomic E-state index is 12.3. The summed E-state index contributed by atoms with van der Waals surface area (Å²) in [4.78, 5) is 12.3. The smallest absolute Gasteiger partial charge is 0.277 e. The summed E-state index contributed by atoms with van der Waals surface area (Å²) >= 11 is 1.27. The molecule has 0 radical (unpaired) electrons. The maximum Gasteiger partial charge on any atom is 0.277 e. The lowest BCUT2D eigenvalue weighted by Crippen LogP contribution is -2.02. The standard InChI is InChI=1S/C21H22N2O3S/c1-3-4-15-5-9-17(10-6-15)19(24)14-27-21-23-22-20(26-21)13-16-7-11-18(25-2)12-8-16/h5-12H,3-4,13-14H2,1-2H3. The van der Waals surface area contributed by atoms with Gasteiger partial charge in [0.2, 0.25) is 5.89 Å². The first-order chi connectivity index (χ1) is 13.2. The van der Waals surface area contributed by atoms with Gasteiger partial charge in [-0.2, -0.15) is 0 Å². The monoisotopic (exact) mass is 382 g/mol. The Morgan fingerprint density at radius 2 is 1.74 bits per heavy atom. The molecular formula is C21H22N2O3S. The number of nitrogens with zero attached hydrogens (tertiary/aromatic N) is 2. The van der Waals surface area contributed by atoms with Crippen LogP contribution in [0.2, 0.25) is 0 Å². The highest BCUT2D eigenvalue weighted by Crippen LogP contribution is 2.20. The number of methoxy groups -OCH3 is 1. The van der Waals surface area contributed by atoms with Crippen molar-refractivity contribution in [3.8, 4) is 5.75 Å². The highest BCUT2D eigenvalue weighted by atomic mass is 32.2. The highest BCUT2D eigenvalue weighted by Gasteiger charge is 2.12. The molecule has 0 saturated carbocycles. The zero-order chi connectivity index (χ0) is 19.1. The summed E-state index contributed by atoms with van der Waals surface area (Å²) in [6.45, 7) is 2.14. The van der Waals surface area contributed by atoms with Crippen molar-refractivity contribution < 1.29 is 13.9 Å². The third-order valence-electron chi connectivity index (χ3n) is 4.10. The number of ether oxygens (including phenoxy) is 1. The molecule has 0 aliphatic carbocycles. The summed E-state index contributed by atoms with van der Waals surface area (Å²) < 4.78 is 10.8. The summed E-state index contributed by atoms with van der Waals surface area (Å²) in [6.07, 6.45) is 2.67. The summed E-state index contributed by atoms with van der Waals surface area (Å²) in [5.74, 6) is 1.66. The minimum Gasteiger partial charge on any atom is -0.497 e. The number of benzene rings is 2. The van der Waals surface area contributed by atoms with Crippen molar-refractivity contribution in [2.75, 3.05) is 12.9 Å². The number of carbonyl (C=O) groups excluding carboxylic acids is 1. The number of Topliss-reactive ketones (excluding diaryl/α,β-unsaturated/α-hetero) is 1. The van der Waals surface area contributed by atoms with Crippen LogP contribution in [0.4, 0.5) is 0 Å². The molecule has 27 heavy (non-hydrogen) atoms. The minimum absolute atomic E-state index is 0.0537. The summed E-state index contributed by atoms with van der Waals surface area (Å²) in [6, 6.07) is 15.5. The first-order valence-corrected chi connectivity index (χ1v) is 9.86. The van der Waals surface area contributed by atoms with Gasteiger partial charge in [-0.15, -0.1) is 10.2 Å². The Balaban J connectivity index is 1.53. The molecular weight excluding hydrogens is 360 g/mol. The van der Waals surface area contributed by atoms with Crippen LogP contribution in [0.15, 0.2) is 58.2 Å². The second-order valence-electron chi connectivity index (χ2n) is 6.15. The molecule has 0 N–H and O–H groups in total. The third kappa shape index (κ3) is 5.44. The van der Waals surface area contributed by atoms with E-state index in [9.17, 15) is 4.79 Å². The van der Waals surface area contributed by atoms with Crippen molar-refractivity contribution in [2.24, 2.45) is 0 Å². The first-order valence-electron chi connectivity index (χ1n) is 8.88. The van der Waals surface area contributed by atoms with E-state index >= 15 is 0 Å². The first kappa shape index (κ1) is 19.2. The van der Waals surface area contributed by atoms with Crippen molar-refractivity contribution in [1.29, 1.82) is 0 Å². The molecule has 0 aliphatic rings. The predicted molar refractivity (Wildman–Crippen MR) is 106 cm³/mol. The quantitative estimate of drug-likeness (QED) is 0.398. The molecule has 0 fully saturated rings. The van der Waals surface area contributed by atoms with E-state index in [1.54, 1.807) is 7.11 Å². The van der Waals surface area contributed by atoms with Crippen LogP contribution in [0.5, 0.6) is 5.75 Å². The average Bonchev–Trinajstić information content (AvgIpc) is 3.15. The van der Waals surface area contributed by atoms with E-state index in [2.05, 4.69) is 17.1 Å². The van der Waals surface area contributed by atoms with E-state index in [4.69, 9.17) is 9.15 Å². The zero-order valence-electron chi connectivity index (χ0n) is 15.5. The lowest BCUT2D eigenvalue weighted by Gasteiger charge is -2.02. The maximum atomic E-state index is 12.3. The molecule has 1 heterocycles. The Morgan fingerprint density at radius 1 is 1.04 bits per heavy atom. The van der Waals surface area contributed by atoms with Crippen molar-refractivity contribution in [2.45, 2.75) is 31.4 Å². The SMILES string of the molecule is CCCc1ccc(C(=O)CSc2nnc(Cc3ccc(OC)cc3)o2)cc1. The number of rotatable bonds is 9. The van der Waals surface area contributed by atoms with E-state index in [-0.39, 0.29) is 11.5 Å². The fourth-order valence-electron chi connectivity index (χ4n) is 2.64. The highest BCUT2D eigenvalue weighted by molar-refractivity contribution is 7.99. The van der Waals surface area contributed by atoms with Crippen molar-refractivity contribution >= 4 is 17.5 Å². The van der Waals surface area contributed by atoms with Crippen LogP contribution in [0, 0.1) is 0 Å². The fourth-order valence-corrected chi connectivity index (χ4v) is 3.32. The second kappa shape index (κ2) is 9.37. The van der Waals surface area contributed by atoms with Gasteiger partial charge < -0.3 is 9.15 Å². The molecule has 0 amide bonds. The van der Waals surface area contributed by atoms with Crippen molar-refractivity contribution in [3.63, 3.8) is 0 Å². The summed E-state index contributed by atoms with van der Waals surface area (Å²) in [5, 5.41) is 8.49. The lowest BCUT2D eigenvalue weighted by molar-refractivity contribution is 0.102. The normalized spacial score (nSPS) is 10.7. The van der Waals surface area contributed by atoms with Gasteiger partial charge in [0, 0.05) is 5.56 Å². The molecule has 0 saturated heterocycles. The molecule has 2 aromatic carbocycles. The number of aryl methyl sites for hydroxylation is 1. The minimum atomic E-state index is 0.0537. The van der Waals surface area contributed by atoms with Crippen molar-refractivity contribution in [3.05, 3.63) is 71.1 Å². The lowest BCUT2D eigenvalue weighted by atomic mass is 10.1. The molecule has 6 heteroatoms. The summed E-state index contributed by atoms with van der Waals surface area (Å²) in [7, 11) is 1.64. The predicted octanol–water partition coefficient (Wildman–Crippen LogP) is 4.60. The molecule has 0 bridgehead atoms. The molecule has 140 valence electrons. The topological polar surface area (TPSA) is 65.2 Å². The van der Waals surface area contributed by atoms with Gasteiger partial charge in [-0.25, -0.2) is 0 Å². The summed E-state index contributed by atoms with van der Waals surface area (Å²) in [5.41, 5.74) is 3.02. The third-order valence-corrected chi connectivity index (χ3v) is 4.92. The van der Waals surface area contributed by atoms with Gasteiger partial charge in [-0.1, -0.05) is 61.5 Å². The van der Waals surface area contributed by atoms with Gasteiger partial charge >= 0.3 is 0 Å². The van der Waals surface area contributed by atoms with E-state index < -0.39 is 0 Å². The van der Waals surface area contributed by atoms with Gasteiger partial charge in [0.25, 0.3) is 5.22 Å². The molecule has 0 spiro atoms. The van der Waals surface area contributed by atoms with Crippen LogP contribution in [-0.4, -0.2) is 28.8 Å². The number of hydrogen-bond donors (Lipinski definition) is 0. The van der Waals surface area contributed by atoms with Gasteiger partial charge in [0.15, 0.2) is 5.78 Å². The Hall–Kier alpha value is -2.60. The van der Waals surface area contributed by atoms with Gasteiger partial charge in [0.05, 0.1) is 19.3 Å². The van der Waals surface area contributed by atoms with Crippen molar-refractivity contribution in [1.82, 2.24) is 10.2 Å². The van der Waals surface area contributed by atoms with Crippen LogP contribution in [-0.2, 0) is 12.8 Å². The Bertz CT molecular complexity index is 873. The molecule has 0 unspecified atom stereocenters. The van der Waals surface area contributed by atoms with Crippen LogP contribution in [0.25, 0.3) is 0 Å². The fraction of sp³-hybridized carbons (Fsp3) is 0.286. The Kier molecular flexibility index (Phi) is 6.65. The molecule has 0 aliphatic heterocycles. The van der Waals surface area contributed by atoms with Crippen LogP contribution < -0.4 is 4.74 Å². The van der Waals surface area contributed by atoms with Gasteiger partial charge in [-0.05, 0) is 29.7 Å². The number of thioether (sulfide) groups is 1. The molecule has 3 rings (SSSR count). The van der Waals surface area contributed by atoms with Gasteiger partial charge in [-0.3, -0.25) is 4.79 Å².